The van der Waals surface area contributed by atoms with E-state index in [1.807, 2.05) is 55.6 Å². The van der Waals surface area contributed by atoms with Crippen LogP contribution in [-0.2, 0) is 11.3 Å². The van der Waals surface area contributed by atoms with Crippen LogP contribution in [0, 0.1) is 13.8 Å². The molecular weight excluding hydrogens is 362 g/mol. The van der Waals surface area contributed by atoms with Crippen molar-refractivity contribution in [3.8, 4) is 22.1 Å². The van der Waals surface area contributed by atoms with Crippen LogP contribution in [0.4, 0.5) is 0 Å². The zero-order valence-electron chi connectivity index (χ0n) is 15.7. The Morgan fingerprint density at radius 2 is 1.70 bits per heavy atom. The Balaban J connectivity index is 1.70. The Labute approximate surface area is 162 Å². The number of esters is 1. The van der Waals surface area contributed by atoms with Crippen LogP contribution in [-0.4, -0.2) is 25.2 Å². The number of rotatable bonds is 6. The van der Waals surface area contributed by atoms with Gasteiger partial charge in [0.2, 0.25) is 0 Å². The molecule has 3 rings (SSSR count). The van der Waals surface area contributed by atoms with Crippen molar-refractivity contribution in [1.29, 1.82) is 0 Å². The van der Waals surface area contributed by atoms with Crippen molar-refractivity contribution in [3.05, 3.63) is 64.2 Å². The fourth-order valence-electron chi connectivity index (χ4n) is 2.79. The van der Waals surface area contributed by atoms with E-state index in [2.05, 4.69) is 4.98 Å². The normalized spacial score (nSPS) is 10.5. The smallest absolute Gasteiger partial charge is 0.338 e. The Morgan fingerprint density at radius 1 is 1.00 bits per heavy atom. The predicted octanol–water partition coefficient (Wildman–Crippen LogP) is 4.80. The summed E-state index contributed by atoms with van der Waals surface area (Å²) < 4.78 is 16.0. The van der Waals surface area contributed by atoms with E-state index in [0.717, 1.165) is 21.7 Å². The number of methoxy groups -OCH3 is 2. The van der Waals surface area contributed by atoms with Crippen LogP contribution in [0.1, 0.15) is 27.2 Å². The first-order chi connectivity index (χ1) is 13.0. The summed E-state index contributed by atoms with van der Waals surface area (Å²) in [6.07, 6.45) is 0. The second-order valence-electron chi connectivity index (χ2n) is 6.17. The lowest BCUT2D eigenvalue weighted by molar-refractivity contribution is 0.0468. The lowest BCUT2D eigenvalue weighted by atomic mass is 10.1. The first-order valence-electron chi connectivity index (χ1n) is 8.42. The molecule has 2 aromatic carbocycles. The summed E-state index contributed by atoms with van der Waals surface area (Å²) in [6.45, 7) is 4.05. The van der Waals surface area contributed by atoms with Gasteiger partial charge in [-0.05, 0) is 44.2 Å². The average molecular weight is 383 g/mol. The van der Waals surface area contributed by atoms with Crippen LogP contribution in [0.15, 0.2) is 41.8 Å². The third-order valence-corrected chi connectivity index (χ3v) is 4.93. The maximum atomic E-state index is 12.3. The number of carbonyl (C=O) groups excluding carboxylic acids is 1. The van der Waals surface area contributed by atoms with E-state index in [1.165, 1.54) is 11.3 Å². The Kier molecular flexibility index (Phi) is 5.76. The van der Waals surface area contributed by atoms with Crippen LogP contribution in [0.5, 0.6) is 11.5 Å². The molecule has 1 heterocycles. The number of carbonyl (C=O) groups is 1. The van der Waals surface area contributed by atoms with Gasteiger partial charge in [0.25, 0.3) is 0 Å². The molecule has 0 atom stereocenters. The minimum absolute atomic E-state index is 0.135. The molecule has 0 bridgehead atoms. The third-order valence-electron chi connectivity index (χ3n) is 3.99. The number of aryl methyl sites for hydroxylation is 2. The van der Waals surface area contributed by atoms with E-state index >= 15 is 0 Å². The number of aromatic nitrogens is 1. The standard InChI is InChI=1S/C21H21NO4S/c1-13-7-14(2)9-16(8-13)21(23)26-11-17-12-27-20(22-17)15-5-6-18(24-3)19(10-15)25-4/h5-10,12H,11H2,1-4H3. The Morgan fingerprint density at radius 3 is 2.37 bits per heavy atom. The highest BCUT2D eigenvalue weighted by molar-refractivity contribution is 7.13. The van der Waals surface area contributed by atoms with E-state index in [0.29, 0.717) is 22.8 Å². The van der Waals surface area contributed by atoms with Gasteiger partial charge in [0.15, 0.2) is 11.5 Å². The van der Waals surface area contributed by atoms with Crippen molar-refractivity contribution in [2.24, 2.45) is 0 Å². The van der Waals surface area contributed by atoms with Crippen molar-refractivity contribution < 1.29 is 19.0 Å². The van der Waals surface area contributed by atoms with Gasteiger partial charge in [0, 0.05) is 10.9 Å². The SMILES string of the molecule is COc1ccc(-c2nc(COC(=O)c3cc(C)cc(C)c3)cs2)cc1OC. The Hall–Kier alpha value is -2.86. The van der Waals surface area contributed by atoms with Crippen molar-refractivity contribution in [1.82, 2.24) is 4.98 Å². The second kappa shape index (κ2) is 8.22. The number of nitrogens with zero attached hydrogens (tertiary/aromatic N) is 1. The molecule has 27 heavy (non-hydrogen) atoms. The van der Waals surface area contributed by atoms with Crippen LogP contribution in [0.2, 0.25) is 0 Å². The van der Waals surface area contributed by atoms with Gasteiger partial charge >= 0.3 is 5.97 Å². The molecule has 0 unspecified atom stereocenters. The van der Waals surface area contributed by atoms with Gasteiger partial charge in [-0.15, -0.1) is 11.3 Å². The number of hydrogen-bond acceptors (Lipinski definition) is 6. The summed E-state index contributed by atoms with van der Waals surface area (Å²) in [5.41, 5.74) is 4.26. The van der Waals surface area contributed by atoms with Crippen LogP contribution < -0.4 is 9.47 Å². The van der Waals surface area contributed by atoms with Crippen LogP contribution in [0.3, 0.4) is 0 Å². The molecule has 6 heteroatoms. The molecule has 3 aromatic rings. The van der Waals surface area contributed by atoms with Crippen molar-refractivity contribution in [2.75, 3.05) is 14.2 Å². The summed E-state index contributed by atoms with van der Waals surface area (Å²) in [7, 11) is 3.20. The maximum absolute atomic E-state index is 12.3. The van der Waals surface area contributed by atoms with Crippen molar-refractivity contribution >= 4 is 17.3 Å². The van der Waals surface area contributed by atoms with Gasteiger partial charge in [0.05, 0.1) is 25.5 Å². The summed E-state index contributed by atoms with van der Waals surface area (Å²) in [6, 6.07) is 11.3. The van der Waals surface area contributed by atoms with Gasteiger partial charge in [-0.25, -0.2) is 9.78 Å². The van der Waals surface area contributed by atoms with E-state index in [9.17, 15) is 4.79 Å². The fraction of sp³-hybridized carbons (Fsp3) is 0.238. The average Bonchev–Trinajstić information content (AvgIpc) is 3.13. The largest absolute Gasteiger partial charge is 0.493 e. The number of ether oxygens (including phenoxy) is 3. The monoisotopic (exact) mass is 383 g/mol. The minimum atomic E-state index is -0.345. The van der Waals surface area contributed by atoms with E-state index < -0.39 is 0 Å². The molecule has 0 saturated carbocycles. The summed E-state index contributed by atoms with van der Waals surface area (Å²) in [5, 5.41) is 2.72. The molecule has 5 nitrogen and oxygen atoms in total. The first kappa shape index (κ1) is 18.9. The third kappa shape index (κ3) is 4.46. The highest BCUT2D eigenvalue weighted by Crippen LogP contribution is 2.33. The van der Waals surface area contributed by atoms with E-state index in [-0.39, 0.29) is 12.6 Å². The van der Waals surface area contributed by atoms with Crippen LogP contribution in [0.25, 0.3) is 10.6 Å². The highest BCUT2D eigenvalue weighted by Gasteiger charge is 2.12. The molecule has 0 fully saturated rings. The molecule has 0 amide bonds. The molecule has 140 valence electrons. The maximum Gasteiger partial charge on any atom is 0.338 e. The quantitative estimate of drug-likeness (QED) is 0.572. The molecule has 0 radical (unpaired) electrons. The lowest BCUT2D eigenvalue weighted by Gasteiger charge is -2.08. The van der Waals surface area contributed by atoms with Crippen molar-refractivity contribution in [2.45, 2.75) is 20.5 Å². The molecular formula is C21H21NO4S. The molecule has 0 spiro atoms. The van der Waals surface area contributed by atoms with E-state index in [4.69, 9.17) is 14.2 Å². The van der Waals surface area contributed by atoms with E-state index in [1.54, 1.807) is 14.2 Å². The number of thiazole rings is 1. The van der Waals surface area contributed by atoms with Gasteiger partial charge in [-0.1, -0.05) is 17.2 Å². The van der Waals surface area contributed by atoms with Gasteiger partial charge in [-0.3, -0.25) is 0 Å². The zero-order valence-corrected chi connectivity index (χ0v) is 16.6. The summed E-state index contributed by atoms with van der Waals surface area (Å²) >= 11 is 1.49. The molecule has 1 aromatic heterocycles. The number of benzene rings is 2. The topological polar surface area (TPSA) is 57.7 Å². The number of hydrogen-bond donors (Lipinski definition) is 0. The molecule has 0 saturated heterocycles. The Bertz CT molecular complexity index is 944. The van der Waals surface area contributed by atoms with Gasteiger partial charge in [0.1, 0.15) is 11.6 Å². The summed E-state index contributed by atoms with van der Waals surface area (Å²) in [5.74, 6) is 0.968. The lowest BCUT2D eigenvalue weighted by Crippen LogP contribution is -2.06. The highest BCUT2D eigenvalue weighted by atomic mass is 32.1. The fourth-order valence-corrected chi connectivity index (χ4v) is 3.59. The molecule has 0 N–H and O–H groups in total. The second-order valence-corrected chi connectivity index (χ2v) is 7.02. The molecule has 0 aliphatic carbocycles. The molecule has 0 aliphatic rings. The molecule has 0 aliphatic heterocycles. The van der Waals surface area contributed by atoms with Gasteiger partial charge < -0.3 is 14.2 Å². The zero-order chi connectivity index (χ0) is 19.4. The van der Waals surface area contributed by atoms with Gasteiger partial charge in [-0.2, -0.15) is 0 Å². The van der Waals surface area contributed by atoms with Crippen molar-refractivity contribution in [3.63, 3.8) is 0 Å². The minimum Gasteiger partial charge on any atom is -0.493 e. The first-order valence-corrected chi connectivity index (χ1v) is 9.30. The predicted molar refractivity (Wildman–Crippen MR) is 106 cm³/mol. The van der Waals surface area contributed by atoms with Crippen LogP contribution >= 0.6 is 11.3 Å². The summed E-state index contributed by atoms with van der Waals surface area (Å²) in [4.78, 5) is 16.8.